The molecule has 22 heavy (non-hydrogen) atoms. The lowest BCUT2D eigenvalue weighted by Gasteiger charge is -2.20. The minimum atomic E-state index is 0.205. The summed E-state index contributed by atoms with van der Waals surface area (Å²) in [4.78, 5) is 0. The van der Waals surface area contributed by atoms with Crippen molar-refractivity contribution >= 4 is 5.69 Å². The predicted molar refractivity (Wildman–Crippen MR) is 92.8 cm³/mol. The maximum Gasteiger partial charge on any atom is 0.119 e. The molecule has 1 N–H and O–H groups in total. The van der Waals surface area contributed by atoms with Gasteiger partial charge in [0, 0.05) is 5.69 Å². The number of benzene rings is 2. The Hall–Kier alpha value is -1.96. The Morgan fingerprint density at radius 1 is 1.09 bits per heavy atom. The maximum absolute atomic E-state index is 5.60. The molecule has 1 unspecified atom stereocenters. The first kappa shape index (κ1) is 15.0. The Kier molecular flexibility index (Phi) is 3.86. The molecule has 116 valence electrons. The van der Waals surface area contributed by atoms with Crippen molar-refractivity contribution in [3.8, 4) is 5.75 Å². The largest absolute Gasteiger partial charge is 0.494 e. The molecule has 0 aliphatic carbocycles. The maximum atomic E-state index is 5.60. The van der Waals surface area contributed by atoms with Gasteiger partial charge in [-0.15, -0.1) is 0 Å². The highest BCUT2D eigenvalue weighted by atomic mass is 16.5. The fourth-order valence-electron chi connectivity index (χ4n) is 3.01. The van der Waals surface area contributed by atoms with Crippen LogP contribution in [0.3, 0.4) is 0 Å². The number of hydrogen-bond acceptors (Lipinski definition) is 2. The van der Waals surface area contributed by atoms with E-state index in [9.17, 15) is 0 Å². The smallest absolute Gasteiger partial charge is 0.119 e. The van der Waals surface area contributed by atoms with Gasteiger partial charge in [-0.2, -0.15) is 0 Å². The molecule has 2 heteroatoms. The van der Waals surface area contributed by atoms with Gasteiger partial charge >= 0.3 is 0 Å². The molecule has 1 atom stereocenters. The third kappa shape index (κ3) is 2.96. The normalized spacial score (nSPS) is 17.0. The van der Waals surface area contributed by atoms with Crippen LogP contribution in [0.5, 0.6) is 5.75 Å². The summed E-state index contributed by atoms with van der Waals surface area (Å²) in [5, 5.41) is 3.62. The molecule has 0 spiro atoms. The molecule has 0 saturated carbocycles. The highest BCUT2D eigenvalue weighted by molar-refractivity contribution is 5.60. The van der Waals surface area contributed by atoms with E-state index in [1.807, 2.05) is 13.0 Å². The van der Waals surface area contributed by atoms with Gasteiger partial charge in [-0.25, -0.2) is 0 Å². The monoisotopic (exact) mass is 295 g/mol. The second-order valence-corrected chi connectivity index (χ2v) is 7.03. The minimum absolute atomic E-state index is 0.205. The molecule has 1 aliphatic heterocycles. The van der Waals surface area contributed by atoms with Crippen LogP contribution >= 0.6 is 0 Å². The Bertz CT molecular complexity index is 652. The van der Waals surface area contributed by atoms with Crippen LogP contribution in [-0.2, 0) is 11.8 Å². The number of nitrogens with one attached hydrogen (secondary N) is 1. The van der Waals surface area contributed by atoms with Crippen molar-refractivity contribution in [2.24, 2.45) is 0 Å². The SMILES string of the molecule is CCOc1ccc2c(c1)CC(c1ccc(C(C)(C)C)cc1)N2. The van der Waals surface area contributed by atoms with E-state index in [-0.39, 0.29) is 5.41 Å². The van der Waals surface area contributed by atoms with E-state index in [2.05, 4.69) is 62.5 Å². The number of fused-ring (bicyclic) bond motifs is 1. The van der Waals surface area contributed by atoms with Crippen LogP contribution < -0.4 is 10.1 Å². The lowest BCUT2D eigenvalue weighted by atomic mass is 9.86. The zero-order valence-corrected chi connectivity index (χ0v) is 13.9. The summed E-state index contributed by atoms with van der Waals surface area (Å²) in [6, 6.07) is 15.7. The first-order valence-electron chi connectivity index (χ1n) is 8.10. The van der Waals surface area contributed by atoms with E-state index in [0.717, 1.165) is 12.2 Å². The Balaban J connectivity index is 1.78. The van der Waals surface area contributed by atoms with Crippen molar-refractivity contribution in [3.63, 3.8) is 0 Å². The quantitative estimate of drug-likeness (QED) is 0.851. The first-order valence-corrected chi connectivity index (χ1v) is 8.10. The number of ether oxygens (including phenoxy) is 1. The summed E-state index contributed by atoms with van der Waals surface area (Å²) in [5.41, 5.74) is 5.51. The molecular formula is C20H25NO. The third-order valence-electron chi connectivity index (χ3n) is 4.32. The van der Waals surface area contributed by atoms with Crippen molar-refractivity contribution in [2.45, 2.75) is 45.6 Å². The average Bonchev–Trinajstić information content (AvgIpc) is 2.90. The zero-order valence-electron chi connectivity index (χ0n) is 13.9. The molecule has 1 aliphatic rings. The van der Waals surface area contributed by atoms with Gasteiger partial charge in [0.25, 0.3) is 0 Å². The molecule has 0 radical (unpaired) electrons. The second-order valence-electron chi connectivity index (χ2n) is 7.03. The summed E-state index contributed by atoms with van der Waals surface area (Å²) < 4.78 is 5.60. The third-order valence-corrected chi connectivity index (χ3v) is 4.32. The molecule has 3 rings (SSSR count). The Labute approximate surface area is 133 Å². The van der Waals surface area contributed by atoms with Crippen LogP contribution in [-0.4, -0.2) is 6.61 Å². The summed E-state index contributed by atoms with van der Waals surface area (Å²) in [6.07, 6.45) is 1.02. The molecule has 2 nitrogen and oxygen atoms in total. The van der Waals surface area contributed by atoms with Crippen LogP contribution in [0.4, 0.5) is 5.69 Å². The lowest BCUT2D eigenvalue weighted by molar-refractivity contribution is 0.340. The standard InChI is InChI=1S/C20H25NO/c1-5-22-17-10-11-18-15(12-17)13-19(21-18)14-6-8-16(9-7-14)20(2,3)4/h6-12,19,21H,5,13H2,1-4H3. The summed E-state index contributed by atoms with van der Waals surface area (Å²) in [6.45, 7) is 9.48. The molecule has 0 fully saturated rings. The van der Waals surface area contributed by atoms with Crippen molar-refractivity contribution in [3.05, 3.63) is 59.2 Å². The van der Waals surface area contributed by atoms with E-state index in [1.54, 1.807) is 0 Å². The minimum Gasteiger partial charge on any atom is -0.494 e. The van der Waals surface area contributed by atoms with Crippen LogP contribution in [0.15, 0.2) is 42.5 Å². The molecule has 2 aromatic rings. The van der Waals surface area contributed by atoms with Gasteiger partial charge in [0.1, 0.15) is 5.75 Å². The van der Waals surface area contributed by atoms with E-state index < -0.39 is 0 Å². The van der Waals surface area contributed by atoms with Gasteiger partial charge in [-0.1, -0.05) is 45.0 Å². The number of hydrogen-bond donors (Lipinski definition) is 1. The van der Waals surface area contributed by atoms with E-state index in [0.29, 0.717) is 12.6 Å². The van der Waals surface area contributed by atoms with Crippen molar-refractivity contribution in [1.29, 1.82) is 0 Å². The van der Waals surface area contributed by atoms with Gasteiger partial charge < -0.3 is 10.1 Å². The van der Waals surface area contributed by atoms with Crippen LogP contribution in [0.2, 0.25) is 0 Å². The summed E-state index contributed by atoms with van der Waals surface area (Å²) in [7, 11) is 0. The van der Waals surface area contributed by atoms with Gasteiger partial charge in [-0.05, 0) is 53.6 Å². The Morgan fingerprint density at radius 3 is 2.45 bits per heavy atom. The number of rotatable bonds is 3. The van der Waals surface area contributed by atoms with E-state index in [4.69, 9.17) is 4.74 Å². The molecule has 0 bridgehead atoms. The summed E-state index contributed by atoms with van der Waals surface area (Å²) >= 11 is 0. The van der Waals surface area contributed by atoms with Gasteiger partial charge in [0.2, 0.25) is 0 Å². The van der Waals surface area contributed by atoms with Gasteiger partial charge in [0.05, 0.1) is 12.6 Å². The molecule has 0 amide bonds. The fourth-order valence-corrected chi connectivity index (χ4v) is 3.01. The van der Waals surface area contributed by atoms with Gasteiger partial charge in [0.15, 0.2) is 0 Å². The number of anilines is 1. The van der Waals surface area contributed by atoms with Crippen molar-refractivity contribution in [2.75, 3.05) is 11.9 Å². The van der Waals surface area contributed by atoms with E-state index >= 15 is 0 Å². The molecule has 0 saturated heterocycles. The van der Waals surface area contributed by atoms with Crippen LogP contribution in [0.25, 0.3) is 0 Å². The fraction of sp³-hybridized carbons (Fsp3) is 0.400. The van der Waals surface area contributed by atoms with Crippen LogP contribution in [0.1, 0.15) is 50.4 Å². The van der Waals surface area contributed by atoms with E-state index in [1.165, 1.54) is 22.4 Å². The molecular weight excluding hydrogens is 270 g/mol. The van der Waals surface area contributed by atoms with Crippen molar-refractivity contribution < 1.29 is 4.74 Å². The molecule has 1 heterocycles. The Morgan fingerprint density at radius 2 is 1.82 bits per heavy atom. The van der Waals surface area contributed by atoms with Crippen molar-refractivity contribution in [1.82, 2.24) is 0 Å². The highest BCUT2D eigenvalue weighted by Crippen LogP contribution is 2.36. The summed E-state index contributed by atoms with van der Waals surface area (Å²) in [5.74, 6) is 0.965. The second kappa shape index (κ2) is 5.68. The van der Waals surface area contributed by atoms with Crippen LogP contribution in [0, 0.1) is 0 Å². The first-order chi connectivity index (χ1) is 10.5. The topological polar surface area (TPSA) is 21.3 Å². The lowest BCUT2D eigenvalue weighted by Crippen LogP contribution is -2.12. The zero-order chi connectivity index (χ0) is 15.7. The van der Waals surface area contributed by atoms with Gasteiger partial charge in [-0.3, -0.25) is 0 Å². The molecule has 2 aromatic carbocycles. The predicted octanol–water partition coefficient (Wildman–Crippen LogP) is 5.09. The highest BCUT2D eigenvalue weighted by Gasteiger charge is 2.23. The molecule has 0 aromatic heterocycles. The average molecular weight is 295 g/mol.